The molecule has 2 amide bonds. The maximum absolute atomic E-state index is 14.5. The van der Waals surface area contributed by atoms with Crippen LogP contribution in [0.3, 0.4) is 0 Å². The minimum atomic E-state index is -0.526. The number of rotatable bonds is 4. The molecule has 2 N–H and O–H groups in total. The number of carbonyl (C=O) groups is 1. The van der Waals surface area contributed by atoms with Crippen molar-refractivity contribution in [2.24, 2.45) is 11.0 Å². The highest BCUT2D eigenvalue weighted by Crippen LogP contribution is 2.43. The monoisotopic (exact) mass is 517 g/mol. The molecule has 0 atom stereocenters. The molecule has 2 fully saturated rings. The molecular formula is C33H35N5O. The first kappa shape index (κ1) is 25.2. The Morgan fingerprint density at radius 2 is 1.51 bits per heavy atom. The fraction of sp³-hybridized carbons (Fsp3) is 0.364. The zero-order valence-electron chi connectivity index (χ0n) is 22.3. The van der Waals surface area contributed by atoms with Gasteiger partial charge in [-0.05, 0) is 74.4 Å². The van der Waals surface area contributed by atoms with Gasteiger partial charge in [0, 0.05) is 17.2 Å². The predicted octanol–water partition coefficient (Wildman–Crippen LogP) is 7.53. The molecule has 0 bridgehead atoms. The molecule has 0 saturated heterocycles. The van der Waals surface area contributed by atoms with Gasteiger partial charge in [-0.3, -0.25) is 4.90 Å². The Morgan fingerprint density at radius 1 is 0.846 bits per heavy atom. The Labute approximate surface area is 230 Å². The van der Waals surface area contributed by atoms with Crippen molar-refractivity contribution < 1.29 is 4.79 Å². The second kappa shape index (κ2) is 10.6. The number of nitrogens with zero attached hydrogens (tertiary/aromatic N) is 4. The van der Waals surface area contributed by atoms with Gasteiger partial charge in [0.05, 0.1) is 34.6 Å². The summed E-state index contributed by atoms with van der Waals surface area (Å²) in [5.74, 6) is 0.327. The maximum Gasteiger partial charge on any atom is 0.349 e. The lowest BCUT2D eigenvalue weighted by molar-refractivity contribution is 0.153. The van der Waals surface area contributed by atoms with Crippen molar-refractivity contribution in [3.8, 4) is 6.07 Å². The van der Waals surface area contributed by atoms with E-state index >= 15 is 0 Å². The normalized spacial score (nSPS) is 23.9. The van der Waals surface area contributed by atoms with Crippen LogP contribution < -0.4 is 10.6 Å². The van der Waals surface area contributed by atoms with Crippen LogP contribution in [0.15, 0.2) is 84.0 Å². The van der Waals surface area contributed by atoms with Gasteiger partial charge in [-0.25, -0.2) is 9.80 Å². The molecule has 3 aromatic rings. The summed E-state index contributed by atoms with van der Waals surface area (Å²) in [6.07, 6.45) is 8.66. The highest BCUT2D eigenvalue weighted by atomic mass is 16.2. The fourth-order valence-electron chi connectivity index (χ4n) is 6.65. The highest BCUT2D eigenvalue weighted by Gasteiger charge is 2.43. The summed E-state index contributed by atoms with van der Waals surface area (Å²) in [4.78, 5) is 16.3. The molecular weight excluding hydrogens is 482 g/mol. The van der Waals surface area contributed by atoms with Crippen LogP contribution in [0.4, 0.5) is 21.9 Å². The molecule has 3 aromatic carbocycles. The first-order valence-electron chi connectivity index (χ1n) is 14.2. The van der Waals surface area contributed by atoms with Gasteiger partial charge >= 0.3 is 6.03 Å². The van der Waals surface area contributed by atoms with E-state index in [1.165, 1.54) is 19.3 Å². The van der Waals surface area contributed by atoms with Crippen LogP contribution >= 0.6 is 0 Å². The number of benzene rings is 3. The quantitative estimate of drug-likeness (QED) is 0.363. The molecule has 0 unspecified atom stereocenters. The Hall–Kier alpha value is -4.11. The van der Waals surface area contributed by atoms with Crippen LogP contribution in [-0.2, 0) is 5.41 Å². The van der Waals surface area contributed by atoms with Gasteiger partial charge in [-0.1, -0.05) is 67.8 Å². The Bertz CT molecular complexity index is 1390. The maximum atomic E-state index is 14.5. The standard InChI is InChI=1S/C33H35N5O/c34-23-33(25-11-5-2-6-12-25)21-19-28(20-22-33)38-32(39)37(27-17-15-26(35)16-18-27)30-14-8-7-13-29(30)31(36-38)24-9-3-1-4-10-24/h2,5-8,11-18,24,28H,1,3-4,9-10,19-22,35H2. The van der Waals surface area contributed by atoms with E-state index in [1.807, 2.05) is 60.7 Å². The number of hydrogen-bond donors (Lipinski definition) is 1. The van der Waals surface area contributed by atoms with E-state index in [0.717, 1.165) is 53.9 Å². The summed E-state index contributed by atoms with van der Waals surface area (Å²) in [5.41, 5.74) is 10.9. The number of carbonyl (C=O) groups excluding carboxylic acids is 1. The van der Waals surface area contributed by atoms with Crippen molar-refractivity contribution in [2.75, 3.05) is 10.6 Å². The fourth-order valence-corrected chi connectivity index (χ4v) is 6.65. The average molecular weight is 518 g/mol. The molecule has 6 rings (SSSR count). The molecule has 2 saturated carbocycles. The van der Waals surface area contributed by atoms with E-state index in [4.69, 9.17) is 10.8 Å². The number of nitrogens with two attached hydrogens (primary N) is 1. The number of nitrogen functional groups attached to an aromatic ring is 1. The van der Waals surface area contributed by atoms with Crippen molar-refractivity contribution in [1.82, 2.24) is 5.01 Å². The van der Waals surface area contributed by atoms with Gasteiger partial charge in [-0.15, -0.1) is 0 Å². The van der Waals surface area contributed by atoms with Crippen LogP contribution in [0.1, 0.15) is 68.9 Å². The molecule has 1 heterocycles. The summed E-state index contributed by atoms with van der Waals surface area (Å²) in [5, 5.41) is 17.2. The second-order valence-corrected chi connectivity index (χ2v) is 11.2. The lowest BCUT2D eigenvalue weighted by atomic mass is 9.69. The molecule has 1 aliphatic heterocycles. The van der Waals surface area contributed by atoms with Crippen LogP contribution in [0, 0.1) is 17.2 Å². The molecule has 3 aliphatic rings. The first-order valence-corrected chi connectivity index (χ1v) is 14.2. The predicted molar refractivity (Wildman–Crippen MR) is 156 cm³/mol. The summed E-state index contributed by atoms with van der Waals surface area (Å²) in [6, 6.07) is 28.2. The Balaban J connectivity index is 1.41. The van der Waals surface area contributed by atoms with Crippen molar-refractivity contribution >= 4 is 28.8 Å². The number of urea groups is 1. The summed E-state index contributed by atoms with van der Waals surface area (Å²) in [6.45, 7) is 0. The number of nitriles is 1. The number of anilines is 3. The number of fused-ring (bicyclic) bond motifs is 1. The van der Waals surface area contributed by atoms with Crippen LogP contribution in [0.25, 0.3) is 0 Å². The van der Waals surface area contributed by atoms with Gasteiger partial charge in [0.15, 0.2) is 0 Å². The summed E-state index contributed by atoms with van der Waals surface area (Å²) in [7, 11) is 0. The van der Waals surface area contributed by atoms with Crippen LogP contribution in [-0.4, -0.2) is 22.8 Å². The molecule has 39 heavy (non-hydrogen) atoms. The van der Waals surface area contributed by atoms with Crippen LogP contribution in [0.2, 0.25) is 0 Å². The SMILES string of the molecule is N#CC1(c2ccccc2)CCC(N2N=C(C3CCCCC3)c3ccccc3N(c3ccc(N)cc3)C2=O)CC1. The lowest BCUT2D eigenvalue weighted by Crippen LogP contribution is -2.46. The van der Waals surface area contributed by atoms with E-state index in [2.05, 4.69) is 24.3 Å². The zero-order valence-corrected chi connectivity index (χ0v) is 22.3. The third kappa shape index (κ3) is 4.67. The Kier molecular flexibility index (Phi) is 6.83. The smallest absolute Gasteiger partial charge is 0.349 e. The first-order chi connectivity index (χ1) is 19.1. The van der Waals surface area contributed by atoms with Crippen molar-refractivity contribution in [3.05, 3.63) is 90.0 Å². The number of para-hydroxylation sites is 1. The van der Waals surface area contributed by atoms with Crippen LogP contribution in [0.5, 0.6) is 0 Å². The van der Waals surface area contributed by atoms with Gasteiger partial charge in [0.25, 0.3) is 0 Å². The number of hydrazone groups is 1. The van der Waals surface area contributed by atoms with E-state index in [1.54, 1.807) is 9.91 Å². The molecule has 2 aliphatic carbocycles. The molecule has 6 nitrogen and oxygen atoms in total. The molecule has 0 spiro atoms. The number of amides is 2. The van der Waals surface area contributed by atoms with Crippen molar-refractivity contribution in [1.29, 1.82) is 5.26 Å². The summed E-state index contributed by atoms with van der Waals surface area (Å²) < 4.78 is 0. The van der Waals surface area contributed by atoms with Gasteiger partial charge in [0.2, 0.25) is 0 Å². The molecule has 0 aromatic heterocycles. The highest BCUT2D eigenvalue weighted by molar-refractivity contribution is 6.13. The van der Waals surface area contributed by atoms with Gasteiger partial charge < -0.3 is 5.73 Å². The van der Waals surface area contributed by atoms with Gasteiger partial charge in [-0.2, -0.15) is 10.4 Å². The van der Waals surface area contributed by atoms with E-state index < -0.39 is 5.41 Å². The van der Waals surface area contributed by atoms with E-state index in [-0.39, 0.29) is 12.1 Å². The molecule has 198 valence electrons. The Morgan fingerprint density at radius 3 is 2.21 bits per heavy atom. The third-order valence-corrected chi connectivity index (χ3v) is 8.86. The average Bonchev–Trinajstić information content (AvgIpc) is 3.13. The largest absolute Gasteiger partial charge is 0.399 e. The van der Waals surface area contributed by atoms with E-state index in [9.17, 15) is 10.1 Å². The lowest BCUT2D eigenvalue weighted by Gasteiger charge is -2.39. The number of hydrogen-bond acceptors (Lipinski definition) is 4. The minimum absolute atomic E-state index is 0.0770. The third-order valence-electron chi connectivity index (χ3n) is 8.86. The second-order valence-electron chi connectivity index (χ2n) is 11.2. The van der Waals surface area contributed by atoms with Gasteiger partial charge in [0.1, 0.15) is 0 Å². The van der Waals surface area contributed by atoms with E-state index in [0.29, 0.717) is 24.4 Å². The molecule has 6 heteroatoms. The summed E-state index contributed by atoms with van der Waals surface area (Å²) >= 11 is 0. The van der Waals surface area contributed by atoms with Crippen molar-refractivity contribution in [3.63, 3.8) is 0 Å². The topological polar surface area (TPSA) is 85.7 Å². The van der Waals surface area contributed by atoms with Crippen molar-refractivity contribution in [2.45, 2.75) is 69.2 Å². The zero-order chi connectivity index (χ0) is 26.8. The minimum Gasteiger partial charge on any atom is -0.399 e. The molecule has 0 radical (unpaired) electrons.